The number of imide groups is 1. The Bertz CT molecular complexity index is 154. The molecule has 0 aliphatic heterocycles. The van der Waals surface area contributed by atoms with Crippen LogP contribution >= 0.6 is 0 Å². The molecule has 0 aromatic carbocycles. The highest BCUT2D eigenvalue weighted by atomic mass is 16.2. The van der Waals surface area contributed by atoms with Crippen LogP contribution in [-0.2, 0) is 9.59 Å². The first-order valence-corrected chi connectivity index (χ1v) is 4.03. The Morgan fingerprint density at radius 1 is 1.25 bits per heavy atom. The Kier molecular flexibility index (Phi) is 5.28. The van der Waals surface area contributed by atoms with E-state index in [2.05, 4.69) is 5.32 Å². The minimum Gasteiger partial charge on any atom is -0.320 e. The van der Waals surface area contributed by atoms with Crippen molar-refractivity contribution in [3.63, 3.8) is 0 Å². The number of nitrogens with one attached hydrogen (secondary N) is 1. The van der Waals surface area contributed by atoms with Crippen LogP contribution in [0.3, 0.4) is 0 Å². The van der Waals surface area contributed by atoms with Gasteiger partial charge in [-0.25, -0.2) is 0 Å². The highest BCUT2D eigenvalue weighted by molar-refractivity contribution is 5.92. The normalized spacial score (nSPS) is 9.58. The van der Waals surface area contributed by atoms with Crippen molar-refractivity contribution in [1.29, 1.82) is 0 Å². The summed E-state index contributed by atoms with van der Waals surface area (Å²) in [6.07, 6.45) is 0.801. The van der Waals surface area contributed by atoms with Gasteiger partial charge in [-0.15, -0.1) is 0 Å². The number of carbonyl (C=O) groups excluding carboxylic acids is 2. The standard InChI is InChI=1S/C8H16N2O2/c1-7(11)10(8(2)12)6-4-5-9-3/h9H,4-6H2,1-3H3. The molecule has 4 heteroatoms. The van der Waals surface area contributed by atoms with Crippen LogP contribution in [0.2, 0.25) is 0 Å². The summed E-state index contributed by atoms with van der Waals surface area (Å²) < 4.78 is 0. The van der Waals surface area contributed by atoms with Crippen molar-refractivity contribution in [3.8, 4) is 0 Å². The summed E-state index contributed by atoms with van der Waals surface area (Å²) in [5.41, 5.74) is 0. The lowest BCUT2D eigenvalue weighted by Gasteiger charge is -2.16. The van der Waals surface area contributed by atoms with Crippen LogP contribution in [0.25, 0.3) is 0 Å². The van der Waals surface area contributed by atoms with E-state index in [1.54, 1.807) is 0 Å². The Hall–Kier alpha value is -0.900. The van der Waals surface area contributed by atoms with E-state index in [9.17, 15) is 9.59 Å². The molecule has 4 nitrogen and oxygen atoms in total. The van der Waals surface area contributed by atoms with Crippen molar-refractivity contribution in [2.24, 2.45) is 0 Å². The Morgan fingerprint density at radius 3 is 2.08 bits per heavy atom. The fourth-order valence-electron chi connectivity index (χ4n) is 0.951. The van der Waals surface area contributed by atoms with Crippen molar-refractivity contribution in [3.05, 3.63) is 0 Å². The van der Waals surface area contributed by atoms with Crippen molar-refractivity contribution in [2.75, 3.05) is 20.1 Å². The van der Waals surface area contributed by atoms with Crippen LogP contribution in [0, 0.1) is 0 Å². The molecule has 0 aliphatic rings. The summed E-state index contributed by atoms with van der Waals surface area (Å²) >= 11 is 0. The Labute approximate surface area is 72.9 Å². The summed E-state index contributed by atoms with van der Waals surface area (Å²) in [5, 5.41) is 2.95. The maximum Gasteiger partial charge on any atom is 0.226 e. The van der Waals surface area contributed by atoms with Gasteiger partial charge in [-0.3, -0.25) is 14.5 Å². The molecule has 70 valence electrons. The number of hydrogen-bond donors (Lipinski definition) is 1. The van der Waals surface area contributed by atoms with Gasteiger partial charge in [0.1, 0.15) is 0 Å². The van der Waals surface area contributed by atoms with Gasteiger partial charge in [0.15, 0.2) is 0 Å². The number of rotatable bonds is 4. The molecule has 0 bridgehead atoms. The summed E-state index contributed by atoms with van der Waals surface area (Å²) in [5.74, 6) is -0.364. The fourth-order valence-corrected chi connectivity index (χ4v) is 0.951. The predicted octanol–water partition coefficient (Wildman–Crippen LogP) is -0.00910. The third kappa shape index (κ3) is 4.08. The lowest BCUT2D eigenvalue weighted by Crippen LogP contribution is -2.35. The van der Waals surface area contributed by atoms with E-state index in [4.69, 9.17) is 0 Å². The smallest absolute Gasteiger partial charge is 0.226 e. The van der Waals surface area contributed by atoms with Crippen molar-refractivity contribution < 1.29 is 9.59 Å². The Balaban J connectivity index is 3.80. The van der Waals surface area contributed by atoms with E-state index >= 15 is 0 Å². The van der Waals surface area contributed by atoms with E-state index < -0.39 is 0 Å². The highest BCUT2D eigenvalue weighted by Gasteiger charge is 2.11. The molecule has 0 fully saturated rings. The van der Waals surface area contributed by atoms with Gasteiger partial charge in [0, 0.05) is 20.4 Å². The third-order valence-corrected chi connectivity index (χ3v) is 1.57. The van der Waals surface area contributed by atoms with Gasteiger partial charge in [0.25, 0.3) is 0 Å². The van der Waals surface area contributed by atoms with E-state index in [1.165, 1.54) is 18.7 Å². The molecular formula is C8H16N2O2. The minimum absolute atomic E-state index is 0.182. The first-order valence-electron chi connectivity index (χ1n) is 4.03. The maximum absolute atomic E-state index is 10.9. The van der Waals surface area contributed by atoms with Crippen LogP contribution in [0.1, 0.15) is 20.3 Å². The SMILES string of the molecule is CNCCCN(C(C)=O)C(C)=O. The van der Waals surface area contributed by atoms with Crippen molar-refractivity contribution in [2.45, 2.75) is 20.3 Å². The van der Waals surface area contributed by atoms with Gasteiger partial charge in [-0.05, 0) is 20.0 Å². The summed E-state index contributed by atoms with van der Waals surface area (Å²) in [7, 11) is 1.84. The molecule has 0 atom stereocenters. The van der Waals surface area contributed by atoms with Crippen molar-refractivity contribution in [1.82, 2.24) is 10.2 Å². The third-order valence-electron chi connectivity index (χ3n) is 1.57. The molecular weight excluding hydrogens is 156 g/mol. The molecule has 0 radical (unpaired) electrons. The molecule has 12 heavy (non-hydrogen) atoms. The van der Waals surface area contributed by atoms with Crippen molar-refractivity contribution >= 4 is 11.8 Å². The first kappa shape index (κ1) is 11.1. The predicted molar refractivity (Wildman–Crippen MR) is 46.6 cm³/mol. The summed E-state index contributed by atoms with van der Waals surface area (Å²) in [4.78, 5) is 23.0. The van der Waals surface area contributed by atoms with Gasteiger partial charge < -0.3 is 5.32 Å². The quantitative estimate of drug-likeness (QED) is 0.607. The van der Waals surface area contributed by atoms with Gasteiger partial charge in [-0.2, -0.15) is 0 Å². The van der Waals surface area contributed by atoms with E-state index in [1.807, 2.05) is 7.05 Å². The van der Waals surface area contributed by atoms with E-state index in [0.29, 0.717) is 6.54 Å². The molecule has 1 N–H and O–H groups in total. The number of carbonyl (C=O) groups is 2. The number of amides is 2. The van der Waals surface area contributed by atoms with Gasteiger partial charge >= 0.3 is 0 Å². The van der Waals surface area contributed by atoms with E-state index in [-0.39, 0.29) is 11.8 Å². The topological polar surface area (TPSA) is 49.4 Å². The van der Waals surface area contributed by atoms with Crippen LogP contribution in [0.15, 0.2) is 0 Å². The molecule has 0 heterocycles. The lowest BCUT2D eigenvalue weighted by atomic mass is 10.3. The maximum atomic E-state index is 10.9. The van der Waals surface area contributed by atoms with Crippen LogP contribution in [0.5, 0.6) is 0 Å². The highest BCUT2D eigenvalue weighted by Crippen LogP contribution is 1.92. The molecule has 0 spiro atoms. The molecule has 0 aliphatic carbocycles. The fraction of sp³-hybridized carbons (Fsp3) is 0.750. The molecule has 0 aromatic heterocycles. The number of hydrogen-bond acceptors (Lipinski definition) is 3. The molecule has 0 rings (SSSR count). The van der Waals surface area contributed by atoms with E-state index in [0.717, 1.165) is 13.0 Å². The van der Waals surface area contributed by atoms with Crippen LogP contribution in [0.4, 0.5) is 0 Å². The molecule has 0 saturated carbocycles. The molecule has 0 unspecified atom stereocenters. The summed E-state index contributed by atoms with van der Waals surface area (Å²) in [6.45, 7) is 4.13. The van der Waals surface area contributed by atoms with Crippen LogP contribution < -0.4 is 5.32 Å². The molecule has 2 amide bonds. The molecule has 0 aromatic rings. The average Bonchev–Trinajstić information content (AvgIpc) is 1.96. The van der Waals surface area contributed by atoms with Gasteiger partial charge in [-0.1, -0.05) is 0 Å². The lowest BCUT2D eigenvalue weighted by molar-refractivity contribution is -0.142. The Morgan fingerprint density at radius 2 is 1.75 bits per heavy atom. The second kappa shape index (κ2) is 5.71. The first-order chi connectivity index (χ1) is 5.59. The zero-order valence-electron chi connectivity index (χ0n) is 7.89. The zero-order valence-corrected chi connectivity index (χ0v) is 7.89. The second-order valence-corrected chi connectivity index (χ2v) is 2.65. The second-order valence-electron chi connectivity index (χ2n) is 2.65. The van der Waals surface area contributed by atoms with Crippen LogP contribution in [-0.4, -0.2) is 36.9 Å². The zero-order chi connectivity index (χ0) is 9.56. The van der Waals surface area contributed by atoms with Gasteiger partial charge in [0.05, 0.1) is 0 Å². The van der Waals surface area contributed by atoms with Gasteiger partial charge in [0.2, 0.25) is 11.8 Å². The minimum atomic E-state index is -0.182. The summed E-state index contributed by atoms with van der Waals surface area (Å²) in [6, 6.07) is 0. The monoisotopic (exact) mass is 172 g/mol. The average molecular weight is 172 g/mol. The number of nitrogens with zero attached hydrogens (tertiary/aromatic N) is 1. The molecule has 0 saturated heterocycles. The largest absolute Gasteiger partial charge is 0.320 e.